The van der Waals surface area contributed by atoms with Crippen molar-refractivity contribution < 1.29 is 0 Å². The summed E-state index contributed by atoms with van der Waals surface area (Å²) in [6.07, 6.45) is 5.20. The SMILES string of the molecule is Clc1ncccc1NCc1ccncc1. The highest BCUT2D eigenvalue weighted by atomic mass is 35.5. The van der Waals surface area contributed by atoms with E-state index in [1.54, 1.807) is 18.6 Å². The molecular weight excluding hydrogens is 210 g/mol. The number of nitrogens with one attached hydrogen (secondary N) is 1. The topological polar surface area (TPSA) is 37.8 Å². The van der Waals surface area contributed by atoms with Crippen LogP contribution in [0, 0.1) is 0 Å². The molecule has 2 aromatic rings. The van der Waals surface area contributed by atoms with Gasteiger partial charge in [-0.2, -0.15) is 0 Å². The Morgan fingerprint density at radius 3 is 2.67 bits per heavy atom. The van der Waals surface area contributed by atoms with Crippen LogP contribution in [0.4, 0.5) is 5.69 Å². The van der Waals surface area contributed by atoms with Gasteiger partial charge in [0.25, 0.3) is 0 Å². The van der Waals surface area contributed by atoms with E-state index < -0.39 is 0 Å². The molecule has 0 saturated heterocycles. The molecule has 0 bridgehead atoms. The monoisotopic (exact) mass is 219 g/mol. The predicted octanol–water partition coefficient (Wildman–Crippen LogP) is 2.74. The Hall–Kier alpha value is -1.61. The van der Waals surface area contributed by atoms with Gasteiger partial charge in [0.2, 0.25) is 0 Å². The lowest BCUT2D eigenvalue weighted by molar-refractivity contribution is 1.12. The summed E-state index contributed by atoms with van der Waals surface area (Å²) < 4.78 is 0. The molecule has 4 heteroatoms. The second-order valence-corrected chi connectivity index (χ2v) is 3.41. The highest BCUT2D eigenvalue weighted by Crippen LogP contribution is 2.17. The molecule has 1 N–H and O–H groups in total. The molecule has 0 aliphatic heterocycles. The number of anilines is 1. The zero-order valence-electron chi connectivity index (χ0n) is 8.02. The lowest BCUT2D eigenvalue weighted by atomic mass is 10.2. The Bertz CT molecular complexity index is 431. The van der Waals surface area contributed by atoms with Crippen LogP contribution in [0.1, 0.15) is 5.56 Å². The van der Waals surface area contributed by atoms with Gasteiger partial charge in [-0.05, 0) is 29.8 Å². The first kappa shape index (κ1) is 9.93. The van der Waals surface area contributed by atoms with E-state index in [0.29, 0.717) is 11.7 Å². The van der Waals surface area contributed by atoms with Crippen LogP contribution >= 0.6 is 11.6 Å². The van der Waals surface area contributed by atoms with E-state index in [9.17, 15) is 0 Å². The van der Waals surface area contributed by atoms with Crippen molar-refractivity contribution in [3.8, 4) is 0 Å². The number of nitrogens with zero attached hydrogens (tertiary/aromatic N) is 2. The second-order valence-electron chi connectivity index (χ2n) is 3.05. The van der Waals surface area contributed by atoms with Gasteiger partial charge >= 0.3 is 0 Å². The third kappa shape index (κ3) is 2.67. The summed E-state index contributed by atoms with van der Waals surface area (Å²) in [5.74, 6) is 0. The van der Waals surface area contributed by atoms with Crippen molar-refractivity contribution in [1.82, 2.24) is 9.97 Å². The zero-order chi connectivity index (χ0) is 10.5. The Balaban J connectivity index is 2.03. The van der Waals surface area contributed by atoms with Gasteiger partial charge in [-0.1, -0.05) is 11.6 Å². The maximum Gasteiger partial charge on any atom is 0.152 e. The van der Waals surface area contributed by atoms with Crippen molar-refractivity contribution in [1.29, 1.82) is 0 Å². The minimum absolute atomic E-state index is 0.492. The van der Waals surface area contributed by atoms with Crippen molar-refractivity contribution in [2.75, 3.05) is 5.32 Å². The van der Waals surface area contributed by atoms with Crippen molar-refractivity contribution >= 4 is 17.3 Å². The Morgan fingerprint density at radius 2 is 1.93 bits per heavy atom. The number of hydrogen-bond acceptors (Lipinski definition) is 3. The summed E-state index contributed by atoms with van der Waals surface area (Å²) >= 11 is 5.90. The third-order valence-electron chi connectivity index (χ3n) is 1.99. The molecule has 0 saturated carbocycles. The van der Waals surface area contributed by atoms with Gasteiger partial charge in [0.05, 0.1) is 5.69 Å². The fourth-order valence-corrected chi connectivity index (χ4v) is 1.40. The molecule has 15 heavy (non-hydrogen) atoms. The molecule has 0 amide bonds. The van der Waals surface area contributed by atoms with E-state index in [1.807, 2.05) is 24.3 Å². The van der Waals surface area contributed by atoms with E-state index in [2.05, 4.69) is 15.3 Å². The number of hydrogen-bond donors (Lipinski definition) is 1. The Labute approximate surface area is 93.1 Å². The molecule has 0 aromatic carbocycles. The first-order valence-electron chi connectivity index (χ1n) is 4.59. The summed E-state index contributed by atoms with van der Waals surface area (Å²) in [6, 6.07) is 7.66. The van der Waals surface area contributed by atoms with Crippen LogP contribution in [0.2, 0.25) is 5.15 Å². The lowest BCUT2D eigenvalue weighted by Crippen LogP contribution is -2.00. The van der Waals surface area contributed by atoms with Crippen LogP contribution in [0.3, 0.4) is 0 Å². The fourth-order valence-electron chi connectivity index (χ4n) is 1.22. The minimum atomic E-state index is 0.492. The van der Waals surface area contributed by atoms with Gasteiger partial charge in [-0.25, -0.2) is 4.98 Å². The summed E-state index contributed by atoms with van der Waals surface area (Å²) in [5.41, 5.74) is 2.00. The molecule has 0 aliphatic carbocycles. The molecular formula is C11H10ClN3. The van der Waals surface area contributed by atoms with E-state index in [1.165, 1.54) is 0 Å². The fraction of sp³-hybridized carbons (Fsp3) is 0.0909. The van der Waals surface area contributed by atoms with Gasteiger partial charge in [0.1, 0.15) is 0 Å². The molecule has 0 aliphatic rings. The Kier molecular flexibility index (Phi) is 3.15. The number of aromatic nitrogens is 2. The molecule has 0 fully saturated rings. The van der Waals surface area contributed by atoms with Crippen LogP contribution in [0.5, 0.6) is 0 Å². The van der Waals surface area contributed by atoms with Gasteiger partial charge in [0.15, 0.2) is 5.15 Å². The van der Waals surface area contributed by atoms with Gasteiger partial charge in [0, 0.05) is 25.1 Å². The van der Waals surface area contributed by atoms with Crippen molar-refractivity contribution in [3.63, 3.8) is 0 Å². The molecule has 0 atom stereocenters. The summed E-state index contributed by atoms with van der Waals surface area (Å²) in [7, 11) is 0. The van der Waals surface area contributed by atoms with Crippen molar-refractivity contribution in [3.05, 3.63) is 53.6 Å². The molecule has 0 spiro atoms. The predicted molar refractivity (Wildman–Crippen MR) is 60.8 cm³/mol. The molecule has 2 aromatic heterocycles. The Morgan fingerprint density at radius 1 is 1.13 bits per heavy atom. The normalized spacial score (nSPS) is 9.93. The lowest BCUT2D eigenvalue weighted by Gasteiger charge is -2.06. The minimum Gasteiger partial charge on any atom is -0.378 e. The van der Waals surface area contributed by atoms with E-state index in [0.717, 1.165) is 11.3 Å². The van der Waals surface area contributed by atoms with E-state index in [4.69, 9.17) is 11.6 Å². The average molecular weight is 220 g/mol. The van der Waals surface area contributed by atoms with Crippen molar-refractivity contribution in [2.45, 2.75) is 6.54 Å². The second kappa shape index (κ2) is 4.75. The standard InChI is InChI=1S/C11H10ClN3/c12-11-10(2-1-5-14-11)15-8-9-3-6-13-7-4-9/h1-7,15H,8H2. The maximum absolute atomic E-state index is 5.90. The summed E-state index contributed by atoms with van der Waals surface area (Å²) in [6.45, 7) is 0.716. The molecule has 0 unspecified atom stereocenters. The van der Waals surface area contributed by atoms with E-state index in [-0.39, 0.29) is 0 Å². The van der Waals surface area contributed by atoms with Crippen LogP contribution in [0.15, 0.2) is 42.9 Å². The van der Waals surface area contributed by atoms with Crippen LogP contribution in [-0.2, 0) is 6.54 Å². The smallest absolute Gasteiger partial charge is 0.152 e. The summed E-state index contributed by atoms with van der Waals surface area (Å²) in [4.78, 5) is 7.93. The molecule has 3 nitrogen and oxygen atoms in total. The largest absolute Gasteiger partial charge is 0.378 e. The van der Waals surface area contributed by atoms with Gasteiger partial charge in [-0.3, -0.25) is 4.98 Å². The highest BCUT2D eigenvalue weighted by molar-refractivity contribution is 6.31. The van der Waals surface area contributed by atoms with Crippen LogP contribution < -0.4 is 5.32 Å². The first-order chi connectivity index (χ1) is 7.36. The van der Waals surface area contributed by atoms with Crippen LogP contribution in [0.25, 0.3) is 0 Å². The number of halogens is 1. The first-order valence-corrected chi connectivity index (χ1v) is 4.97. The van der Waals surface area contributed by atoms with Crippen molar-refractivity contribution in [2.24, 2.45) is 0 Å². The van der Waals surface area contributed by atoms with Gasteiger partial charge in [-0.15, -0.1) is 0 Å². The molecule has 0 radical (unpaired) electrons. The molecule has 2 rings (SSSR count). The maximum atomic E-state index is 5.90. The molecule has 76 valence electrons. The summed E-state index contributed by atoms with van der Waals surface area (Å²) in [5, 5.41) is 3.70. The third-order valence-corrected chi connectivity index (χ3v) is 2.29. The number of pyridine rings is 2. The van der Waals surface area contributed by atoms with Gasteiger partial charge < -0.3 is 5.32 Å². The zero-order valence-corrected chi connectivity index (χ0v) is 8.78. The number of rotatable bonds is 3. The average Bonchev–Trinajstić information content (AvgIpc) is 2.29. The quantitative estimate of drug-likeness (QED) is 0.807. The van der Waals surface area contributed by atoms with Crippen LogP contribution in [-0.4, -0.2) is 9.97 Å². The van der Waals surface area contributed by atoms with E-state index >= 15 is 0 Å². The highest BCUT2D eigenvalue weighted by Gasteiger charge is 1.98. The molecule has 2 heterocycles.